The summed E-state index contributed by atoms with van der Waals surface area (Å²) < 4.78 is 5.12. The molecule has 0 saturated carbocycles. The number of rotatable bonds is 9. The van der Waals surface area contributed by atoms with Crippen molar-refractivity contribution in [3.05, 3.63) is 64.7 Å². The molecule has 2 aromatic rings. The largest absolute Gasteiger partial charge is 0.497 e. The minimum atomic E-state index is -0.153. The Kier molecular flexibility index (Phi) is 7.82. The number of nitrogens with zero attached hydrogens (tertiary/aromatic N) is 1. The molecule has 0 aliphatic carbocycles. The molecule has 6 heteroatoms. The Bertz CT molecular complexity index is 793. The molecule has 0 aromatic heterocycles. The second-order valence-electron chi connectivity index (χ2n) is 6.49. The van der Waals surface area contributed by atoms with E-state index in [2.05, 4.69) is 5.32 Å². The van der Waals surface area contributed by atoms with Gasteiger partial charge in [-0.25, -0.2) is 0 Å². The Morgan fingerprint density at radius 2 is 1.85 bits per heavy atom. The van der Waals surface area contributed by atoms with E-state index in [1.54, 1.807) is 31.4 Å². The molecule has 0 fully saturated rings. The van der Waals surface area contributed by atoms with Gasteiger partial charge in [0, 0.05) is 30.0 Å². The van der Waals surface area contributed by atoms with Crippen LogP contribution in [-0.2, 0) is 4.79 Å². The van der Waals surface area contributed by atoms with Crippen molar-refractivity contribution < 1.29 is 14.3 Å². The van der Waals surface area contributed by atoms with Gasteiger partial charge in [0.25, 0.3) is 0 Å². The first kappa shape index (κ1) is 20.9. The first-order valence-electron chi connectivity index (χ1n) is 8.76. The summed E-state index contributed by atoms with van der Waals surface area (Å²) in [7, 11) is 5.45. The van der Waals surface area contributed by atoms with E-state index in [0.717, 1.165) is 5.56 Å². The normalized spacial score (nSPS) is 11.9. The zero-order valence-corrected chi connectivity index (χ0v) is 16.6. The number of ether oxygens (including phenoxy) is 1. The summed E-state index contributed by atoms with van der Waals surface area (Å²) in [6.45, 7) is 0.444. The Labute approximate surface area is 165 Å². The van der Waals surface area contributed by atoms with Crippen LogP contribution in [-0.4, -0.2) is 44.3 Å². The van der Waals surface area contributed by atoms with E-state index >= 15 is 0 Å². The summed E-state index contributed by atoms with van der Waals surface area (Å²) in [5.41, 5.74) is 1.58. The van der Waals surface area contributed by atoms with Crippen molar-refractivity contribution in [2.24, 2.45) is 0 Å². The molecule has 2 rings (SSSR count). The van der Waals surface area contributed by atoms with Gasteiger partial charge in [-0.3, -0.25) is 9.59 Å². The maximum absolute atomic E-state index is 12.3. The lowest BCUT2D eigenvalue weighted by Gasteiger charge is -2.25. The van der Waals surface area contributed by atoms with E-state index in [1.807, 2.05) is 43.3 Å². The lowest BCUT2D eigenvalue weighted by Crippen LogP contribution is -2.34. The van der Waals surface area contributed by atoms with Crippen molar-refractivity contribution in [2.45, 2.75) is 18.9 Å². The summed E-state index contributed by atoms with van der Waals surface area (Å²) >= 11 is 6.07. The highest BCUT2D eigenvalue weighted by Crippen LogP contribution is 2.21. The standard InChI is InChI=1S/C21H25ClN2O3/c1-24(2)19(15-6-4-8-17(22)12-15)14-23-21(26)11-10-20(25)16-7-5-9-18(13-16)27-3/h4-9,12-13,19H,10-11,14H2,1-3H3,(H,23,26). The third-order valence-electron chi connectivity index (χ3n) is 4.32. The summed E-state index contributed by atoms with van der Waals surface area (Å²) in [6, 6.07) is 14.5. The summed E-state index contributed by atoms with van der Waals surface area (Å²) in [5.74, 6) is 0.392. The first-order chi connectivity index (χ1) is 12.9. The quantitative estimate of drug-likeness (QED) is 0.665. The van der Waals surface area contributed by atoms with Gasteiger partial charge in [0.2, 0.25) is 5.91 Å². The Balaban J connectivity index is 1.88. The van der Waals surface area contributed by atoms with Gasteiger partial charge < -0.3 is 15.0 Å². The Morgan fingerprint density at radius 3 is 2.52 bits per heavy atom. The predicted molar refractivity (Wildman–Crippen MR) is 107 cm³/mol. The van der Waals surface area contributed by atoms with Gasteiger partial charge in [-0.15, -0.1) is 0 Å². The van der Waals surface area contributed by atoms with Crippen molar-refractivity contribution >= 4 is 23.3 Å². The number of benzene rings is 2. The van der Waals surface area contributed by atoms with Gasteiger partial charge in [0.05, 0.1) is 13.2 Å². The van der Waals surface area contributed by atoms with Gasteiger partial charge in [-0.1, -0.05) is 35.9 Å². The van der Waals surface area contributed by atoms with Crippen LogP contribution in [0.2, 0.25) is 5.02 Å². The fourth-order valence-electron chi connectivity index (χ4n) is 2.78. The molecule has 1 N–H and O–H groups in total. The Morgan fingerprint density at radius 1 is 1.11 bits per heavy atom. The minimum absolute atomic E-state index is 0.00161. The molecule has 0 spiro atoms. The lowest BCUT2D eigenvalue weighted by atomic mass is 10.0. The van der Waals surface area contributed by atoms with E-state index < -0.39 is 0 Å². The van der Waals surface area contributed by atoms with Crippen LogP contribution < -0.4 is 10.1 Å². The average molecular weight is 389 g/mol. The molecular weight excluding hydrogens is 364 g/mol. The first-order valence-corrected chi connectivity index (χ1v) is 9.14. The van der Waals surface area contributed by atoms with Gasteiger partial charge in [0.1, 0.15) is 5.75 Å². The third kappa shape index (κ3) is 6.38. The lowest BCUT2D eigenvalue weighted by molar-refractivity contribution is -0.121. The third-order valence-corrected chi connectivity index (χ3v) is 4.56. The zero-order valence-electron chi connectivity index (χ0n) is 15.9. The van der Waals surface area contributed by atoms with Crippen LogP contribution in [0.25, 0.3) is 0 Å². The second-order valence-corrected chi connectivity index (χ2v) is 6.93. The van der Waals surface area contributed by atoms with Crippen LogP contribution in [0.15, 0.2) is 48.5 Å². The van der Waals surface area contributed by atoms with Gasteiger partial charge in [-0.2, -0.15) is 0 Å². The maximum Gasteiger partial charge on any atom is 0.220 e. The Hall–Kier alpha value is -2.37. The number of amides is 1. The van der Waals surface area contributed by atoms with E-state index in [9.17, 15) is 9.59 Å². The van der Waals surface area contributed by atoms with Crippen molar-refractivity contribution in [3.8, 4) is 5.75 Å². The molecular formula is C21H25ClN2O3. The summed E-state index contributed by atoms with van der Waals surface area (Å²) in [6.07, 6.45) is 0.300. The zero-order chi connectivity index (χ0) is 19.8. The van der Waals surface area contributed by atoms with Crippen molar-refractivity contribution in [1.82, 2.24) is 10.2 Å². The van der Waals surface area contributed by atoms with Crippen molar-refractivity contribution in [3.63, 3.8) is 0 Å². The number of hydrogen-bond acceptors (Lipinski definition) is 4. The molecule has 1 atom stereocenters. The number of nitrogens with one attached hydrogen (secondary N) is 1. The monoisotopic (exact) mass is 388 g/mol. The molecule has 1 amide bonds. The van der Waals surface area contributed by atoms with E-state index in [4.69, 9.17) is 16.3 Å². The number of halogens is 1. The van der Waals surface area contributed by atoms with Crippen molar-refractivity contribution in [2.75, 3.05) is 27.7 Å². The highest BCUT2D eigenvalue weighted by atomic mass is 35.5. The van der Waals surface area contributed by atoms with Crippen LogP contribution >= 0.6 is 11.6 Å². The second kappa shape index (κ2) is 10.1. The van der Waals surface area contributed by atoms with Gasteiger partial charge in [-0.05, 0) is 43.9 Å². The SMILES string of the molecule is COc1cccc(C(=O)CCC(=O)NCC(c2cccc(Cl)c2)N(C)C)c1. The maximum atomic E-state index is 12.3. The number of methoxy groups -OCH3 is 1. The topological polar surface area (TPSA) is 58.6 Å². The molecule has 0 aliphatic rings. The minimum Gasteiger partial charge on any atom is -0.497 e. The van der Waals surface area contributed by atoms with Gasteiger partial charge in [0.15, 0.2) is 5.78 Å². The average Bonchev–Trinajstić information content (AvgIpc) is 2.66. The number of carbonyl (C=O) groups is 2. The van der Waals surface area contributed by atoms with Crippen LogP contribution in [0.1, 0.15) is 34.8 Å². The molecule has 0 bridgehead atoms. The van der Waals surface area contributed by atoms with E-state index in [1.165, 1.54) is 0 Å². The number of hydrogen-bond donors (Lipinski definition) is 1. The molecule has 144 valence electrons. The number of ketones is 1. The highest BCUT2D eigenvalue weighted by Gasteiger charge is 2.16. The van der Waals surface area contributed by atoms with Crippen LogP contribution in [0.4, 0.5) is 0 Å². The smallest absolute Gasteiger partial charge is 0.220 e. The molecule has 1 unspecified atom stereocenters. The van der Waals surface area contributed by atoms with Crippen LogP contribution in [0, 0.1) is 0 Å². The number of Topliss-reactive ketones (excluding diaryl/α,β-unsaturated/α-hetero) is 1. The van der Waals surface area contributed by atoms with Crippen LogP contribution in [0.5, 0.6) is 5.75 Å². The molecule has 0 heterocycles. The fraction of sp³-hybridized carbons (Fsp3) is 0.333. The molecule has 0 radical (unpaired) electrons. The van der Waals surface area contributed by atoms with Gasteiger partial charge >= 0.3 is 0 Å². The molecule has 0 aliphatic heterocycles. The highest BCUT2D eigenvalue weighted by molar-refractivity contribution is 6.30. The van der Waals surface area contributed by atoms with E-state index in [-0.39, 0.29) is 30.6 Å². The van der Waals surface area contributed by atoms with Crippen LogP contribution in [0.3, 0.4) is 0 Å². The van der Waals surface area contributed by atoms with E-state index in [0.29, 0.717) is 22.9 Å². The summed E-state index contributed by atoms with van der Waals surface area (Å²) in [4.78, 5) is 26.5. The fourth-order valence-corrected chi connectivity index (χ4v) is 2.98. The number of likely N-dealkylation sites (N-methyl/N-ethyl adjacent to an activating group) is 1. The molecule has 0 saturated heterocycles. The van der Waals surface area contributed by atoms with Crippen molar-refractivity contribution in [1.29, 1.82) is 0 Å². The molecule has 27 heavy (non-hydrogen) atoms. The predicted octanol–water partition coefficient (Wildman–Crippen LogP) is 3.73. The summed E-state index contributed by atoms with van der Waals surface area (Å²) in [5, 5.41) is 3.57. The molecule has 2 aromatic carbocycles. The number of carbonyl (C=O) groups excluding carboxylic acids is 2. The molecule has 5 nitrogen and oxygen atoms in total.